The van der Waals surface area contributed by atoms with Crippen molar-refractivity contribution in [1.82, 2.24) is 4.90 Å². The summed E-state index contributed by atoms with van der Waals surface area (Å²) >= 11 is 0. The Kier molecular flexibility index (Phi) is 2.54. The van der Waals surface area contributed by atoms with Crippen LogP contribution in [0.25, 0.3) is 0 Å². The van der Waals surface area contributed by atoms with Crippen molar-refractivity contribution in [2.24, 2.45) is 0 Å². The molecule has 0 bridgehead atoms. The molecule has 2 heterocycles. The van der Waals surface area contributed by atoms with Gasteiger partial charge in [-0.2, -0.15) is 0 Å². The summed E-state index contributed by atoms with van der Waals surface area (Å²) in [5, 5.41) is 9.26. The van der Waals surface area contributed by atoms with Crippen molar-refractivity contribution >= 4 is 0 Å². The maximum Gasteiger partial charge on any atom is 0.0618 e. The van der Waals surface area contributed by atoms with E-state index in [1.165, 1.54) is 12.0 Å². The third-order valence-corrected chi connectivity index (χ3v) is 3.03. The second kappa shape index (κ2) is 3.15. The fourth-order valence-electron chi connectivity index (χ4n) is 2.47. The second-order valence-electron chi connectivity index (χ2n) is 3.83. The first-order valence-electron chi connectivity index (χ1n) is 4.29. The van der Waals surface area contributed by atoms with Gasteiger partial charge in [0.25, 0.3) is 0 Å². The van der Waals surface area contributed by atoms with Crippen LogP contribution < -0.4 is 0 Å². The average Bonchev–Trinajstić information content (AvgIpc) is 2.43. The Balaban J connectivity index is 0.000000720. The molecule has 3 heteroatoms. The van der Waals surface area contributed by atoms with E-state index in [0.29, 0.717) is 6.61 Å². The van der Waals surface area contributed by atoms with Crippen LogP contribution in [-0.4, -0.2) is 35.2 Å². The first kappa shape index (κ1) is 9.68. The van der Waals surface area contributed by atoms with E-state index in [1.54, 1.807) is 0 Å². The van der Waals surface area contributed by atoms with Crippen molar-refractivity contribution in [3.8, 4) is 0 Å². The molecule has 2 nitrogen and oxygen atoms in total. The second-order valence-corrected chi connectivity index (χ2v) is 3.83. The number of aliphatic hydroxyl groups is 1. The maximum atomic E-state index is 9.26. The zero-order chi connectivity index (χ0) is 7.90. The number of hydrogen-bond donors (Lipinski definition) is 1. The molecule has 2 rings (SSSR count). The average molecular weight is 173 g/mol. The minimum atomic E-state index is 0. The van der Waals surface area contributed by atoms with Crippen molar-refractivity contribution in [1.29, 1.82) is 0 Å². The molecule has 2 fully saturated rings. The Labute approximate surface area is 72.2 Å². The Bertz CT molecular complexity index is 195. The maximum absolute atomic E-state index is 9.26. The standard InChI is InChI=1S/C9H15NO.FH/c1-8-5-9(7-11)3-2-4-10(9)6-8;/h11H,1-7H2;1H/t9-;/m0./s1. The SMILES string of the molecule is C=C1CN2CCC[C@@]2(CO)C1.F. The zero-order valence-electron chi connectivity index (χ0n) is 7.25. The molecule has 0 aliphatic carbocycles. The number of nitrogens with zero attached hydrogens (tertiary/aromatic N) is 1. The summed E-state index contributed by atoms with van der Waals surface area (Å²) in [7, 11) is 0. The monoisotopic (exact) mass is 173 g/mol. The highest BCUT2D eigenvalue weighted by atomic mass is 19.0. The minimum absolute atomic E-state index is 0. The smallest absolute Gasteiger partial charge is 0.0618 e. The summed E-state index contributed by atoms with van der Waals surface area (Å²) in [6, 6.07) is 0. The van der Waals surface area contributed by atoms with Crippen LogP contribution in [0.3, 0.4) is 0 Å². The molecule has 1 atom stereocenters. The fourth-order valence-corrected chi connectivity index (χ4v) is 2.47. The molecule has 70 valence electrons. The van der Waals surface area contributed by atoms with Gasteiger partial charge in [0.15, 0.2) is 0 Å². The molecule has 0 spiro atoms. The molecule has 0 aromatic rings. The molecule has 12 heavy (non-hydrogen) atoms. The van der Waals surface area contributed by atoms with Crippen LogP contribution in [0.5, 0.6) is 0 Å². The summed E-state index contributed by atoms with van der Waals surface area (Å²) in [6.07, 6.45) is 3.42. The van der Waals surface area contributed by atoms with E-state index in [9.17, 15) is 5.11 Å². The summed E-state index contributed by atoms with van der Waals surface area (Å²) in [6.45, 7) is 6.46. The molecule has 2 saturated heterocycles. The highest BCUT2D eigenvalue weighted by Gasteiger charge is 2.44. The first-order valence-corrected chi connectivity index (χ1v) is 4.29. The molecule has 2 aliphatic heterocycles. The molecule has 2 aliphatic rings. The number of halogens is 1. The quantitative estimate of drug-likeness (QED) is 0.596. The van der Waals surface area contributed by atoms with Gasteiger partial charge >= 0.3 is 0 Å². The third-order valence-electron chi connectivity index (χ3n) is 3.03. The van der Waals surface area contributed by atoms with Gasteiger partial charge < -0.3 is 5.11 Å². The summed E-state index contributed by atoms with van der Waals surface area (Å²) in [4.78, 5) is 2.38. The molecule has 0 amide bonds. The normalized spacial score (nSPS) is 34.9. The lowest BCUT2D eigenvalue weighted by Gasteiger charge is -2.28. The van der Waals surface area contributed by atoms with Gasteiger partial charge in [-0.15, -0.1) is 0 Å². The van der Waals surface area contributed by atoms with Crippen LogP contribution in [0, 0.1) is 0 Å². The van der Waals surface area contributed by atoms with E-state index in [2.05, 4.69) is 11.5 Å². The topological polar surface area (TPSA) is 23.5 Å². The molecule has 1 N–H and O–H groups in total. The Hall–Kier alpha value is -0.410. The Morgan fingerprint density at radius 1 is 1.58 bits per heavy atom. The van der Waals surface area contributed by atoms with Gasteiger partial charge in [-0.05, 0) is 25.8 Å². The largest absolute Gasteiger partial charge is 0.394 e. The van der Waals surface area contributed by atoms with Crippen LogP contribution >= 0.6 is 0 Å². The van der Waals surface area contributed by atoms with Gasteiger partial charge in [0.2, 0.25) is 0 Å². The zero-order valence-corrected chi connectivity index (χ0v) is 7.25. The van der Waals surface area contributed by atoms with Gasteiger partial charge in [-0.25, -0.2) is 0 Å². The van der Waals surface area contributed by atoms with Gasteiger partial charge in [-0.3, -0.25) is 9.60 Å². The highest BCUT2D eigenvalue weighted by molar-refractivity contribution is 5.17. The van der Waals surface area contributed by atoms with Crippen molar-refractivity contribution in [2.45, 2.75) is 24.8 Å². The van der Waals surface area contributed by atoms with Crippen LogP contribution in [0.4, 0.5) is 4.70 Å². The van der Waals surface area contributed by atoms with E-state index < -0.39 is 0 Å². The minimum Gasteiger partial charge on any atom is -0.394 e. The molecular formula is C9H16FNO. The third kappa shape index (κ3) is 1.17. The Morgan fingerprint density at radius 2 is 2.33 bits per heavy atom. The lowest BCUT2D eigenvalue weighted by Crippen LogP contribution is -2.41. The predicted octanol–water partition coefficient (Wildman–Crippen LogP) is 0.926. The number of fused-ring (bicyclic) bond motifs is 1. The summed E-state index contributed by atoms with van der Waals surface area (Å²) < 4.78 is 0. The molecule has 0 radical (unpaired) electrons. The van der Waals surface area contributed by atoms with Crippen molar-refractivity contribution in [3.63, 3.8) is 0 Å². The van der Waals surface area contributed by atoms with Gasteiger partial charge in [0.05, 0.1) is 6.61 Å². The van der Waals surface area contributed by atoms with Gasteiger partial charge in [0.1, 0.15) is 0 Å². The first-order chi connectivity index (χ1) is 5.27. The van der Waals surface area contributed by atoms with Crippen LogP contribution in [0.1, 0.15) is 19.3 Å². The van der Waals surface area contributed by atoms with E-state index in [0.717, 1.165) is 25.9 Å². The van der Waals surface area contributed by atoms with Gasteiger partial charge in [0, 0.05) is 12.1 Å². The number of hydrogen-bond acceptors (Lipinski definition) is 2. The van der Waals surface area contributed by atoms with E-state index in [1.807, 2.05) is 0 Å². The van der Waals surface area contributed by atoms with Crippen molar-refractivity contribution in [3.05, 3.63) is 12.2 Å². The van der Waals surface area contributed by atoms with E-state index >= 15 is 0 Å². The van der Waals surface area contributed by atoms with E-state index in [4.69, 9.17) is 0 Å². The Morgan fingerprint density at radius 3 is 2.92 bits per heavy atom. The lowest BCUT2D eigenvalue weighted by atomic mass is 9.94. The molecule has 0 aromatic carbocycles. The van der Waals surface area contributed by atoms with Crippen LogP contribution in [0.2, 0.25) is 0 Å². The summed E-state index contributed by atoms with van der Waals surface area (Å²) in [5.41, 5.74) is 1.40. The fraction of sp³-hybridized carbons (Fsp3) is 0.778. The van der Waals surface area contributed by atoms with Gasteiger partial charge in [-0.1, -0.05) is 12.2 Å². The number of rotatable bonds is 1. The summed E-state index contributed by atoms with van der Waals surface area (Å²) in [5.74, 6) is 0. The van der Waals surface area contributed by atoms with Crippen LogP contribution in [0.15, 0.2) is 12.2 Å². The lowest BCUT2D eigenvalue weighted by molar-refractivity contribution is 0.1000. The highest BCUT2D eigenvalue weighted by Crippen LogP contribution is 2.39. The molecule has 0 aromatic heterocycles. The van der Waals surface area contributed by atoms with Crippen molar-refractivity contribution < 1.29 is 9.81 Å². The van der Waals surface area contributed by atoms with Crippen LogP contribution in [-0.2, 0) is 0 Å². The van der Waals surface area contributed by atoms with Crippen molar-refractivity contribution in [2.75, 3.05) is 19.7 Å². The molecular weight excluding hydrogens is 157 g/mol. The number of aliphatic hydroxyl groups excluding tert-OH is 1. The molecule has 0 saturated carbocycles. The molecule has 0 unspecified atom stereocenters. The predicted molar refractivity (Wildman–Crippen MR) is 46.9 cm³/mol. The van der Waals surface area contributed by atoms with E-state index in [-0.39, 0.29) is 10.2 Å².